The van der Waals surface area contributed by atoms with Gasteiger partial charge in [-0.15, -0.1) is 0 Å². The fraction of sp³-hybridized carbons (Fsp3) is 0.545. The number of nitrogens with zero attached hydrogens (tertiary/aromatic N) is 3. The molecule has 0 fully saturated rings. The highest BCUT2D eigenvalue weighted by molar-refractivity contribution is 7.90. The van der Waals surface area contributed by atoms with Crippen LogP contribution in [0.3, 0.4) is 0 Å². The number of halogens is 1. The Morgan fingerprint density at radius 1 is 1.16 bits per heavy atom. The van der Waals surface area contributed by atoms with Crippen molar-refractivity contribution in [3.8, 4) is 0 Å². The van der Waals surface area contributed by atoms with Crippen LogP contribution in [0.15, 0.2) is 23.2 Å². The van der Waals surface area contributed by atoms with Gasteiger partial charge in [0.25, 0.3) is 10.0 Å². The molecule has 0 aliphatic rings. The molecule has 2 aromatic rings. The summed E-state index contributed by atoms with van der Waals surface area (Å²) >= 11 is 0. The summed E-state index contributed by atoms with van der Waals surface area (Å²) in [5, 5.41) is 6.47. The highest BCUT2D eigenvalue weighted by Gasteiger charge is 2.24. The predicted molar refractivity (Wildman–Crippen MR) is 124 cm³/mol. The molecule has 1 aromatic heterocycles. The highest BCUT2D eigenvalue weighted by atomic mass is 32.2. The van der Waals surface area contributed by atoms with E-state index in [9.17, 15) is 17.6 Å². The molecule has 0 aliphatic heterocycles. The van der Waals surface area contributed by atoms with Gasteiger partial charge in [0.2, 0.25) is 0 Å². The first-order chi connectivity index (χ1) is 15.0. The van der Waals surface area contributed by atoms with Crippen LogP contribution in [0.25, 0.3) is 0 Å². The molecule has 2 rings (SSSR count). The molecule has 2 amide bonds. The van der Waals surface area contributed by atoms with Crippen molar-refractivity contribution < 1.29 is 17.6 Å². The van der Waals surface area contributed by atoms with E-state index in [0.29, 0.717) is 41.9 Å². The number of sulfonamides is 1. The Balaban J connectivity index is 2.24. The van der Waals surface area contributed by atoms with Crippen LogP contribution in [0.2, 0.25) is 0 Å². The summed E-state index contributed by atoms with van der Waals surface area (Å²) < 4.78 is 43.1. The molecule has 32 heavy (non-hydrogen) atoms. The molecule has 10 heteroatoms. The SMILES string of the molecule is CCCc1cc(F)cc(CCC)c1NC(=O)NS(=O)(=O)c1cc(CN(C)C(C)C)n(C)n1. The number of aryl methyl sites for hydroxylation is 3. The number of urea groups is 1. The third-order valence-corrected chi connectivity index (χ3v) is 6.50. The average molecular weight is 468 g/mol. The number of hydrogen-bond donors (Lipinski definition) is 2. The van der Waals surface area contributed by atoms with E-state index in [-0.39, 0.29) is 16.9 Å². The molecule has 0 atom stereocenters. The zero-order valence-electron chi connectivity index (χ0n) is 19.7. The number of carbonyl (C=O) groups excluding carboxylic acids is 1. The molecule has 0 radical (unpaired) electrons. The second-order valence-electron chi connectivity index (χ2n) is 8.27. The summed E-state index contributed by atoms with van der Waals surface area (Å²) in [5.74, 6) is -0.372. The molecule has 0 spiro atoms. The van der Waals surface area contributed by atoms with Crippen molar-refractivity contribution in [2.45, 2.75) is 71.0 Å². The van der Waals surface area contributed by atoms with Gasteiger partial charge in [0.15, 0.2) is 5.03 Å². The number of nitrogens with one attached hydrogen (secondary N) is 2. The second-order valence-corrected chi connectivity index (χ2v) is 9.89. The Morgan fingerprint density at radius 3 is 2.22 bits per heavy atom. The standard InChI is InChI=1S/C22H34FN5O3S/c1-7-9-16-11-18(23)12-17(10-8-2)21(16)24-22(29)26-32(30,31)20-13-19(28(6)25-20)14-27(5)15(3)4/h11-13,15H,7-10,14H2,1-6H3,(H2,24,26,29). The van der Waals surface area contributed by atoms with E-state index in [1.54, 1.807) is 7.05 Å². The molecular weight excluding hydrogens is 433 g/mol. The van der Waals surface area contributed by atoms with E-state index in [0.717, 1.165) is 12.8 Å². The zero-order chi connectivity index (χ0) is 24.1. The first-order valence-corrected chi connectivity index (χ1v) is 12.3. The van der Waals surface area contributed by atoms with Crippen LogP contribution in [0, 0.1) is 5.82 Å². The van der Waals surface area contributed by atoms with E-state index in [1.807, 2.05) is 44.4 Å². The smallest absolute Gasteiger partial charge is 0.307 e. The van der Waals surface area contributed by atoms with Gasteiger partial charge in [-0.1, -0.05) is 26.7 Å². The number of benzene rings is 1. The minimum absolute atomic E-state index is 0.232. The summed E-state index contributed by atoms with van der Waals surface area (Å²) in [6.45, 7) is 8.49. The van der Waals surface area contributed by atoms with Crippen LogP contribution in [-0.2, 0) is 36.5 Å². The first kappa shape index (κ1) is 25.8. The van der Waals surface area contributed by atoms with Crippen molar-refractivity contribution in [1.82, 2.24) is 19.4 Å². The monoisotopic (exact) mass is 467 g/mol. The molecule has 8 nitrogen and oxygen atoms in total. The van der Waals surface area contributed by atoms with Crippen LogP contribution in [-0.4, -0.2) is 42.2 Å². The number of hydrogen-bond acceptors (Lipinski definition) is 5. The van der Waals surface area contributed by atoms with Crippen molar-refractivity contribution in [2.75, 3.05) is 12.4 Å². The van der Waals surface area contributed by atoms with Crippen LogP contribution >= 0.6 is 0 Å². The minimum Gasteiger partial charge on any atom is -0.307 e. The third-order valence-electron chi connectivity index (χ3n) is 5.29. The lowest BCUT2D eigenvalue weighted by atomic mass is 10.00. The lowest BCUT2D eigenvalue weighted by Gasteiger charge is -2.20. The number of amides is 2. The van der Waals surface area contributed by atoms with E-state index < -0.39 is 16.1 Å². The summed E-state index contributed by atoms with van der Waals surface area (Å²) in [6.07, 6.45) is 2.63. The summed E-state index contributed by atoms with van der Waals surface area (Å²) in [5.41, 5.74) is 2.44. The van der Waals surface area contributed by atoms with Crippen molar-refractivity contribution in [2.24, 2.45) is 7.05 Å². The molecule has 0 bridgehead atoms. The van der Waals surface area contributed by atoms with Gasteiger partial charge < -0.3 is 5.32 Å². The van der Waals surface area contributed by atoms with Crippen molar-refractivity contribution in [1.29, 1.82) is 0 Å². The maximum Gasteiger partial charge on any atom is 0.333 e. The average Bonchev–Trinajstić information content (AvgIpc) is 3.06. The highest BCUT2D eigenvalue weighted by Crippen LogP contribution is 2.26. The summed E-state index contributed by atoms with van der Waals surface area (Å²) in [7, 11) is -0.588. The van der Waals surface area contributed by atoms with E-state index in [1.165, 1.54) is 22.9 Å². The quantitative estimate of drug-likeness (QED) is 0.554. The molecule has 1 heterocycles. The number of carbonyl (C=O) groups is 1. The van der Waals surface area contributed by atoms with Gasteiger partial charge in [-0.25, -0.2) is 13.9 Å². The molecule has 0 saturated heterocycles. The van der Waals surface area contributed by atoms with Gasteiger partial charge >= 0.3 is 6.03 Å². The Bertz CT molecular complexity index is 1020. The van der Waals surface area contributed by atoms with Crippen LogP contribution in [0.4, 0.5) is 14.9 Å². The summed E-state index contributed by atoms with van der Waals surface area (Å²) in [6, 6.07) is 3.58. The fourth-order valence-corrected chi connectivity index (χ4v) is 4.25. The number of anilines is 1. The van der Waals surface area contributed by atoms with E-state index >= 15 is 0 Å². The van der Waals surface area contributed by atoms with E-state index in [2.05, 4.69) is 10.4 Å². The molecular formula is C22H34FN5O3S. The lowest BCUT2D eigenvalue weighted by molar-refractivity contribution is 0.256. The fourth-order valence-electron chi connectivity index (χ4n) is 3.33. The molecule has 178 valence electrons. The Labute approximate surface area is 190 Å². The van der Waals surface area contributed by atoms with E-state index in [4.69, 9.17) is 0 Å². The van der Waals surface area contributed by atoms with Gasteiger partial charge in [-0.05, 0) is 57.0 Å². The van der Waals surface area contributed by atoms with Crippen molar-refractivity contribution >= 4 is 21.7 Å². The molecule has 0 saturated carbocycles. The van der Waals surface area contributed by atoms with Gasteiger partial charge in [-0.3, -0.25) is 9.58 Å². The number of aromatic nitrogens is 2. The maximum atomic E-state index is 14.0. The number of rotatable bonds is 10. The molecule has 2 N–H and O–H groups in total. The normalized spacial score (nSPS) is 11.9. The van der Waals surface area contributed by atoms with Gasteiger partial charge in [-0.2, -0.15) is 13.5 Å². The van der Waals surface area contributed by atoms with Gasteiger partial charge in [0, 0.05) is 31.4 Å². The molecule has 1 aromatic carbocycles. The minimum atomic E-state index is -4.18. The maximum absolute atomic E-state index is 14.0. The largest absolute Gasteiger partial charge is 0.333 e. The molecule has 0 aliphatic carbocycles. The zero-order valence-corrected chi connectivity index (χ0v) is 20.5. The van der Waals surface area contributed by atoms with Gasteiger partial charge in [0.05, 0.1) is 5.69 Å². The Hall–Kier alpha value is -2.46. The lowest BCUT2D eigenvalue weighted by Crippen LogP contribution is -2.35. The van der Waals surface area contributed by atoms with Crippen LogP contribution < -0.4 is 10.0 Å². The van der Waals surface area contributed by atoms with Crippen LogP contribution in [0.1, 0.15) is 57.4 Å². The van der Waals surface area contributed by atoms with Crippen molar-refractivity contribution in [3.05, 3.63) is 40.8 Å². The van der Waals surface area contributed by atoms with Crippen LogP contribution in [0.5, 0.6) is 0 Å². The summed E-state index contributed by atoms with van der Waals surface area (Å²) in [4.78, 5) is 14.7. The predicted octanol–water partition coefficient (Wildman–Crippen LogP) is 3.81. The third kappa shape index (κ3) is 6.52. The first-order valence-electron chi connectivity index (χ1n) is 10.9. The molecule has 0 unspecified atom stereocenters. The second kappa shape index (κ2) is 10.9. The topological polar surface area (TPSA) is 96.3 Å². The van der Waals surface area contributed by atoms with Gasteiger partial charge in [0.1, 0.15) is 5.82 Å². The Kier molecular flexibility index (Phi) is 8.80. The van der Waals surface area contributed by atoms with Crippen molar-refractivity contribution in [3.63, 3.8) is 0 Å². The Morgan fingerprint density at radius 2 is 1.72 bits per heavy atom.